The minimum absolute atomic E-state index is 0.00763. The van der Waals surface area contributed by atoms with Crippen molar-refractivity contribution in [1.29, 1.82) is 0 Å². The van der Waals surface area contributed by atoms with Gasteiger partial charge in [0.15, 0.2) is 11.5 Å². The summed E-state index contributed by atoms with van der Waals surface area (Å²) in [7, 11) is 1.56. The molecule has 1 aliphatic heterocycles. The Labute approximate surface area is 155 Å². The molecule has 1 heterocycles. The molecule has 1 amide bonds. The Bertz CT molecular complexity index is 584. The van der Waals surface area contributed by atoms with E-state index in [1.54, 1.807) is 19.2 Å². The summed E-state index contributed by atoms with van der Waals surface area (Å²) in [6, 6.07) is 3.41. The van der Waals surface area contributed by atoms with Gasteiger partial charge in [-0.3, -0.25) is 9.69 Å². The molecule has 1 aromatic carbocycles. The fourth-order valence-corrected chi connectivity index (χ4v) is 3.17. The maximum absolute atomic E-state index is 12.8. The van der Waals surface area contributed by atoms with Crippen molar-refractivity contribution >= 4 is 17.5 Å². The monoisotopic (exact) mass is 368 g/mol. The number of rotatable bonds is 7. The second kappa shape index (κ2) is 9.30. The predicted octanol–water partition coefficient (Wildman–Crippen LogP) is 3.55. The van der Waals surface area contributed by atoms with Crippen molar-refractivity contribution < 1.29 is 14.3 Å². The van der Waals surface area contributed by atoms with Crippen LogP contribution in [0.3, 0.4) is 0 Å². The predicted molar refractivity (Wildman–Crippen MR) is 101 cm³/mol. The summed E-state index contributed by atoms with van der Waals surface area (Å²) < 4.78 is 11.2. The quantitative estimate of drug-likeness (QED) is 0.738. The van der Waals surface area contributed by atoms with E-state index in [0.29, 0.717) is 34.6 Å². The van der Waals surface area contributed by atoms with Gasteiger partial charge in [-0.05, 0) is 31.0 Å². The fourth-order valence-electron chi connectivity index (χ4n) is 2.91. The summed E-state index contributed by atoms with van der Waals surface area (Å²) in [5.74, 6) is 1.37. The lowest BCUT2D eigenvalue weighted by Gasteiger charge is -2.34. The highest BCUT2D eigenvalue weighted by molar-refractivity contribution is 6.32. The molecule has 140 valence electrons. The maximum atomic E-state index is 12.8. The Morgan fingerprint density at radius 3 is 2.48 bits per heavy atom. The molecule has 0 saturated carbocycles. The van der Waals surface area contributed by atoms with E-state index < -0.39 is 0 Å². The first-order chi connectivity index (χ1) is 12.0. The summed E-state index contributed by atoms with van der Waals surface area (Å²) in [6.07, 6.45) is 1.14. The molecule has 0 aliphatic carbocycles. The Morgan fingerprint density at radius 1 is 1.24 bits per heavy atom. The smallest absolute Gasteiger partial charge is 0.254 e. The first kappa shape index (κ1) is 19.9. The molecule has 1 fully saturated rings. The van der Waals surface area contributed by atoms with Gasteiger partial charge in [0.25, 0.3) is 5.91 Å². The van der Waals surface area contributed by atoms with Crippen molar-refractivity contribution in [1.82, 2.24) is 9.80 Å². The lowest BCUT2D eigenvalue weighted by atomic mass is 10.1. The highest BCUT2D eigenvalue weighted by Gasteiger charge is 2.24. The number of hydrogen-bond donors (Lipinski definition) is 0. The number of benzene rings is 1. The third-order valence-electron chi connectivity index (χ3n) is 4.24. The van der Waals surface area contributed by atoms with Crippen LogP contribution in [0.25, 0.3) is 0 Å². The number of piperazine rings is 1. The Kier molecular flexibility index (Phi) is 7.38. The van der Waals surface area contributed by atoms with Crippen molar-refractivity contribution in [3.8, 4) is 11.5 Å². The number of amides is 1. The van der Waals surface area contributed by atoms with E-state index in [9.17, 15) is 4.79 Å². The molecule has 0 bridgehead atoms. The fraction of sp³-hybridized carbons (Fsp3) is 0.632. The van der Waals surface area contributed by atoms with Crippen LogP contribution >= 0.6 is 11.6 Å². The standard InChI is InChI=1S/C19H29ClN2O3/c1-5-6-21-7-9-22(10-8-21)19(23)15-11-16(20)18(17(12-15)24-4)25-13-14(2)3/h11-12,14H,5-10,13H2,1-4H3. The van der Waals surface area contributed by atoms with Crippen LogP contribution in [0.1, 0.15) is 37.6 Å². The molecule has 6 heteroatoms. The first-order valence-electron chi connectivity index (χ1n) is 8.98. The van der Waals surface area contributed by atoms with Gasteiger partial charge in [0.1, 0.15) is 0 Å². The van der Waals surface area contributed by atoms with Crippen molar-refractivity contribution in [2.45, 2.75) is 27.2 Å². The molecule has 5 nitrogen and oxygen atoms in total. The molecule has 0 atom stereocenters. The van der Waals surface area contributed by atoms with Gasteiger partial charge in [0.2, 0.25) is 0 Å². The highest BCUT2D eigenvalue weighted by atomic mass is 35.5. The lowest BCUT2D eigenvalue weighted by molar-refractivity contribution is 0.0637. The van der Waals surface area contributed by atoms with Gasteiger partial charge >= 0.3 is 0 Å². The van der Waals surface area contributed by atoms with E-state index in [4.69, 9.17) is 21.1 Å². The third kappa shape index (κ3) is 5.25. The Morgan fingerprint density at radius 2 is 1.92 bits per heavy atom. The lowest BCUT2D eigenvalue weighted by Crippen LogP contribution is -2.48. The molecule has 1 saturated heterocycles. The normalized spacial score (nSPS) is 15.5. The zero-order valence-electron chi connectivity index (χ0n) is 15.7. The van der Waals surface area contributed by atoms with Crippen LogP contribution < -0.4 is 9.47 Å². The molecule has 0 spiro atoms. The van der Waals surface area contributed by atoms with Gasteiger partial charge in [0, 0.05) is 31.7 Å². The van der Waals surface area contributed by atoms with E-state index in [1.165, 1.54) is 0 Å². The Balaban J connectivity index is 2.11. The molecular weight excluding hydrogens is 340 g/mol. The number of carbonyl (C=O) groups excluding carboxylic acids is 1. The van der Waals surface area contributed by atoms with Crippen molar-refractivity contribution in [2.24, 2.45) is 5.92 Å². The summed E-state index contributed by atoms with van der Waals surface area (Å²) in [5.41, 5.74) is 0.544. The second-order valence-corrected chi connectivity index (χ2v) is 7.24. The van der Waals surface area contributed by atoms with E-state index >= 15 is 0 Å². The zero-order valence-corrected chi connectivity index (χ0v) is 16.4. The second-order valence-electron chi connectivity index (χ2n) is 6.83. The van der Waals surface area contributed by atoms with Crippen LogP contribution in [0, 0.1) is 5.92 Å². The minimum atomic E-state index is -0.00763. The zero-order chi connectivity index (χ0) is 18.4. The summed E-state index contributed by atoms with van der Waals surface area (Å²) in [6.45, 7) is 11.3. The molecule has 25 heavy (non-hydrogen) atoms. The molecule has 1 aromatic rings. The van der Waals surface area contributed by atoms with Crippen LogP contribution in [0.15, 0.2) is 12.1 Å². The van der Waals surface area contributed by atoms with Crippen LogP contribution in [-0.2, 0) is 0 Å². The van der Waals surface area contributed by atoms with Gasteiger partial charge < -0.3 is 14.4 Å². The Hall–Kier alpha value is -1.46. The molecule has 0 aromatic heterocycles. The van der Waals surface area contributed by atoms with E-state index in [-0.39, 0.29) is 5.91 Å². The number of halogens is 1. The van der Waals surface area contributed by atoms with E-state index in [0.717, 1.165) is 39.1 Å². The summed E-state index contributed by atoms with van der Waals surface area (Å²) >= 11 is 6.36. The largest absolute Gasteiger partial charge is 0.493 e. The molecule has 0 unspecified atom stereocenters. The van der Waals surface area contributed by atoms with E-state index in [2.05, 4.69) is 25.7 Å². The number of hydrogen-bond acceptors (Lipinski definition) is 4. The van der Waals surface area contributed by atoms with Gasteiger partial charge in [0.05, 0.1) is 18.7 Å². The molecule has 1 aliphatic rings. The number of ether oxygens (including phenoxy) is 2. The molecule has 0 radical (unpaired) electrons. The molecule has 2 rings (SSSR count). The number of nitrogens with zero attached hydrogens (tertiary/aromatic N) is 2. The summed E-state index contributed by atoms with van der Waals surface area (Å²) in [4.78, 5) is 17.1. The average Bonchev–Trinajstić information content (AvgIpc) is 2.60. The third-order valence-corrected chi connectivity index (χ3v) is 4.52. The van der Waals surface area contributed by atoms with Gasteiger partial charge in [-0.15, -0.1) is 0 Å². The SMILES string of the molecule is CCCN1CCN(C(=O)c2cc(Cl)c(OCC(C)C)c(OC)c2)CC1. The van der Waals surface area contributed by atoms with Crippen LogP contribution in [0.2, 0.25) is 5.02 Å². The summed E-state index contributed by atoms with van der Waals surface area (Å²) in [5, 5.41) is 0.410. The van der Waals surface area contributed by atoms with Crippen molar-refractivity contribution in [3.63, 3.8) is 0 Å². The minimum Gasteiger partial charge on any atom is -0.493 e. The van der Waals surface area contributed by atoms with Crippen LogP contribution in [0.4, 0.5) is 0 Å². The van der Waals surface area contributed by atoms with Gasteiger partial charge in [-0.1, -0.05) is 32.4 Å². The van der Waals surface area contributed by atoms with Crippen molar-refractivity contribution in [3.05, 3.63) is 22.7 Å². The van der Waals surface area contributed by atoms with E-state index in [1.807, 2.05) is 4.90 Å². The van der Waals surface area contributed by atoms with Gasteiger partial charge in [-0.25, -0.2) is 0 Å². The van der Waals surface area contributed by atoms with Crippen LogP contribution in [-0.4, -0.2) is 62.1 Å². The molecular formula is C19H29ClN2O3. The number of methoxy groups -OCH3 is 1. The first-order valence-corrected chi connectivity index (χ1v) is 9.36. The average molecular weight is 369 g/mol. The number of carbonyl (C=O) groups is 1. The molecule has 0 N–H and O–H groups in total. The highest BCUT2D eigenvalue weighted by Crippen LogP contribution is 2.37. The van der Waals surface area contributed by atoms with Gasteiger partial charge in [-0.2, -0.15) is 0 Å². The van der Waals surface area contributed by atoms with Crippen LogP contribution in [0.5, 0.6) is 11.5 Å². The maximum Gasteiger partial charge on any atom is 0.254 e. The topological polar surface area (TPSA) is 42.0 Å². The van der Waals surface area contributed by atoms with Crippen molar-refractivity contribution in [2.75, 3.05) is 46.4 Å².